The van der Waals surface area contributed by atoms with Crippen LogP contribution in [-0.2, 0) is 14.3 Å². The smallest absolute Gasteiger partial charge is 0.249 e. The minimum Gasteiger partial charge on any atom is -0.394 e. The molecule has 0 radical (unpaired) electrons. The molecule has 0 aromatic carbocycles. The number of amides is 1. The van der Waals surface area contributed by atoms with Gasteiger partial charge in [-0.1, -0.05) is 283 Å². The van der Waals surface area contributed by atoms with Gasteiger partial charge in [0.1, 0.15) is 30.5 Å². The lowest BCUT2D eigenvalue weighted by Crippen LogP contribution is -2.60. The maximum atomic E-state index is 13.1. The van der Waals surface area contributed by atoms with E-state index in [2.05, 4.69) is 19.2 Å². The molecule has 1 heterocycles. The number of nitrogens with one attached hydrogen (secondary N) is 1. The molecule has 8 unspecified atom stereocenters. The lowest BCUT2D eigenvalue weighted by atomic mass is 9.99. The van der Waals surface area contributed by atoms with Gasteiger partial charge in [-0.15, -0.1) is 0 Å². The summed E-state index contributed by atoms with van der Waals surface area (Å²) in [5.74, 6) is -0.610. The number of rotatable bonds is 51. The summed E-state index contributed by atoms with van der Waals surface area (Å²) in [7, 11) is 0. The lowest BCUT2D eigenvalue weighted by Gasteiger charge is -2.40. The Morgan fingerprint density at radius 2 is 0.838 bits per heavy atom. The second-order valence-corrected chi connectivity index (χ2v) is 20.9. The van der Waals surface area contributed by atoms with Crippen molar-refractivity contribution in [2.45, 2.75) is 339 Å². The van der Waals surface area contributed by atoms with Crippen LogP contribution >= 0.6 is 0 Å². The third kappa shape index (κ3) is 36.8. The van der Waals surface area contributed by atoms with Crippen LogP contribution in [0.3, 0.4) is 0 Å². The Bertz CT molecular complexity index is 1090. The average Bonchev–Trinajstić information content (AvgIpc) is 3.34. The fourth-order valence-electron chi connectivity index (χ4n) is 9.70. The third-order valence-electron chi connectivity index (χ3n) is 14.5. The molecule has 10 nitrogen and oxygen atoms in total. The van der Waals surface area contributed by atoms with Crippen LogP contribution in [-0.4, -0.2) is 98.7 Å². The Morgan fingerprint density at radius 3 is 1.19 bits per heavy atom. The zero-order valence-corrected chi connectivity index (χ0v) is 44.5. The van der Waals surface area contributed by atoms with Crippen LogP contribution in [0.2, 0.25) is 0 Å². The molecule has 0 spiro atoms. The number of unbranched alkanes of at least 4 members (excludes halogenated alkanes) is 40. The molecule has 1 amide bonds. The number of allylic oxidation sites excluding steroid dienone is 1. The van der Waals surface area contributed by atoms with E-state index < -0.39 is 61.5 Å². The van der Waals surface area contributed by atoms with Crippen molar-refractivity contribution in [2.75, 3.05) is 13.2 Å². The van der Waals surface area contributed by atoms with Crippen molar-refractivity contribution < 1.29 is 44.9 Å². The molecule has 1 fully saturated rings. The Balaban J connectivity index is 2.19. The van der Waals surface area contributed by atoms with Crippen molar-refractivity contribution in [3.63, 3.8) is 0 Å². The van der Waals surface area contributed by atoms with E-state index >= 15 is 0 Å². The van der Waals surface area contributed by atoms with Crippen LogP contribution < -0.4 is 5.32 Å². The van der Waals surface area contributed by atoms with Gasteiger partial charge in [-0.25, -0.2) is 0 Å². The van der Waals surface area contributed by atoms with Crippen molar-refractivity contribution in [2.24, 2.45) is 0 Å². The van der Waals surface area contributed by atoms with Gasteiger partial charge in [-0.2, -0.15) is 0 Å². The standard InChI is InChI=1S/C58H113NO9/c1-3-5-7-9-11-13-15-17-19-20-21-22-23-24-25-26-27-28-29-30-31-33-35-37-39-41-43-45-47-52(62)57(66)59-50(49-67-58-56(65)55(64)54(63)53(48-60)68-58)51(61)46-44-42-40-38-36-34-32-18-16-14-12-10-8-6-4-2/h44,46,50-56,58,60-65H,3-43,45,47-49H2,1-2H3,(H,59,66)/b46-44+. The van der Waals surface area contributed by atoms with Crippen molar-refractivity contribution in [3.8, 4) is 0 Å². The highest BCUT2D eigenvalue weighted by Gasteiger charge is 2.44. The average molecular weight is 969 g/mol. The second kappa shape index (κ2) is 48.2. The van der Waals surface area contributed by atoms with Crippen molar-refractivity contribution in [3.05, 3.63) is 12.2 Å². The van der Waals surface area contributed by atoms with E-state index in [1.165, 1.54) is 225 Å². The van der Waals surface area contributed by atoms with Crippen LogP contribution in [0.1, 0.15) is 290 Å². The van der Waals surface area contributed by atoms with Gasteiger partial charge < -0.3 is 45.4 Å². The molecule has 1 aliphatic rings. The maximum absolute atomic E-state index is 13.1. The van der Waals surface area contributed by atoms with E-state index in [4.69, 9.17) is 9.47 Å². The highest BCUT2D eigenvalue weighted by molar-refractivity contribution is 5.80. The van der Waals surface area contributed by atoms with Gasteiger partial charge in [0, 0.05) is 0 Å². The van der Waals surface area contributed by atoms with Crippen LogP contribution in [0, 0.1) is 0 Å². The lowest BCUT2D eigenvalue weighted by molar-refractivity contribution is -0.302. The fourth-order valence-corrected chi connectivity index (χ4v) is 9.70. The molecule has 0 bridgehead atoms. The third-order valence-corrected chi connectivity index (χ3v) is 14.5. The summed E-state index contributed by atoms with van der Waals surface area (Å²) in [6.07, 6.45) is 48.9. The van der Waals surface area contributed by atoms with Gasteiger partial charge in [-0.3, -0.25) is 4.79 Å². The van der Waals surface area contributed by atoms with E-state index in [1.807, 2.05) is 6.08 Å². The molecule has 0 aromatic rings. The van der Waals surface area contributed by atoms with E-state index in [0.29, 0.717) is 6.42 Å². The van der Waals surface area contributed by atoms with Gasteiger partial charge in [0.2, 0.25) is 5.91 Å². The van der Waals surface area contributed by atoms with Crippen LogP contribution in [0.4, 0.5) is 0 Å². The molecule has 0 aromatic heterocycles. The highest BCUT2D eigenvalue weighted by Crippen LogP contribution is 2.23. The van der Waals surface area contributed by atoms with Crippen LogP contribution in [0.25, 0.3) is 0 Å². The predicted molar refractivity (Wildman–Crippen MR) is 283 cm³/mol. The van der Waals surface area contributed by atoms with E-state index in [9.17, 15) is 35.4 Å². The molecule has 7 N–H and O–H groups in total. The van der Waals surface area contributed by atoms with Crippen molar-refractivity contribution in [1.82, 2.24) is 5.32 Å². The Morgan fingerprint density at radius 1 is 0.500 bits per heavy atom. The van der Waals surface area contributed by atoms with Crippen LogP contribution in [0.5, 0.6) is 0 Å². The molecule has 8 atom stereocenters. The van der Waals surface area contributed by atoms with Gasteiger partial charge >= 0.3 is 0 Å². The zero-order chi connectivity index (χ0) is 49.6. The number of hydrogen-bond acceptors (Lipinski definition) is 9. The molecular weight excluding hydrogens is 855 g/mol. The fraction of sp³-hybridized carbons (Fsp3) is 0.948. The molecule has 1 saturated heterocycles. The molecule has 10 heteroatoms. The first-order valence-corrected chi connectivity index (χ1v) is 29.5. The number of carbonyl (C=O) groups is 1. The normalized spacial score (nSPS) is 20.0. The zero-order valence-electron chi connectivity index (χ0n) is 44.5. The summed E-state index contributed by atoms with van der Waals surface area (Å²) in [6.45, 7) is 3.65. The first-order chi connectivity index (χ1) is 33.3. The first-order valence-electron chi connectivity index (χ1n) is 29.5. The van der Waals surface area contributed by atoms with E-state index in [-0.39, 0.29) is 6.61 Å². The van der Waals surface area contributed by atoms with Gasteiger partial charge in [-0.05, 0) is 19.3 Å². The summed E-state index contributed by atoms with van der Waals surface area (Å²) in [4.78, 5) is 13.1. The minimum atomic E-state index is -1.61. The predicted octanol–water partition coefficient (Wildman–Crippen LogP) is 13.4. The van der Waals surface area contributed by atoms with E-state index in [1.54, 1.807) is 6.08 Å². The number of carbonyl (C=O) groups excluding carboxylic acids is 1. The largest absolute Gasteiger partial charge is 0.394 e. The number of aliphatic hydroxyl groups is 6. The molecule has 404 valence electrons. The summed E-state index contributed by atoms with van der Waals surface area (Å²) in [5.41, 5.74) is 0. The Hall–Kier alpha value is -1.11. The van der Waals surface area contributed by atoms with Crippen molar-refractivity contribution in [1.29, 1.82) is 0 Å². The van der Waals surface area contributed by atoms with Crippen LogP contribution in [0.15, 0.2) is 12.2 Å². The molecule has 68 heavy (non-hydrogen) atoms. The number of aliphatic hydroxyl groups excluding tert-OH is 6. The number of ether oxygens (including phenoxy) is 2. The van der Waals surface area contributed by atoms with Gasteiger partial charge in [0.15, 0.2) is 6.29 Å². The second-order valence-electron chi connectivity index (χ2n) is 20.9. The summed E-state index contributed by atoms with van der Waals surface area (Å²) >= 11 is 0. The monoisotopic (exact) mass is 968 g/mol. The quantitative estimate of drug-likeness (QED) is 0.0232. The molecule has 1 aliphatic heterocycles. The summed E-state index contributed by atoms with van der Waals surface area (Å²) in [6, 6.07) is -0.976. The topological polar surface area (TPSA) is 169 Å². The summed E-state index contributed by atoms with van der Waals surface area (Å²) in [5, 5.41) is 65.0. The molecular formula is C58H113NO9. The Kier molecular flexibility index (Phi) is 46.0. The summed E-state index contributed by atoms with van der Waals surface area (Å²) < 4.78 is 11.2. The van der Waals surface area contributed by atoms with E-state index in [0.717, 1.165) is 44.9 Å². The molecule has 1 rings (SSSR count). The highest BCUT2D eigenvalue weighted by atomic mass is 16.7. The van der Waals surface area contributed by atoms with Crippen molar-refractivity contribution >= 4 is 5.91 Å². The number of hydrogen-bond donors (Lipinski definition) is 7. The SMILES string of the molecule is CCCCCCCCCCCCCCC/C=C/C(O)C(COC1OC(CO)C(O)C(O)C1O)NC(=O)C(O)CCCCCCCCCCCCCCCCCCCCCCCCCCCCCC. The minimum absolute atomic E-state index is 0.301. The first kappa shape index (κ1) is 64.9. The maximum Gasteiger partial charge on any atom is 0.249 e. The van der Waals surface area contributed by atoms with Gasteiger partial charge in [0.25, 0.3) is 0 Å². The van der Waals surface area contributed by atoms with Gasteiger partial charge in [0.05, 0.1) is 25.4 Å². The molecule has 0 saturated carbocycles. The molecule has 0 aliphatic carbocycles. The Labute approximate surface area is 419 Å².